The van der Waals surface area contributed by atoms with Gasteiger partial charge in [-0.2, -0.15) is 4.40 Å². The van der Waals surface area contributed by atoms with Gasteiger partial charge in [0.05, 0.1) is 19.4 Å². The Morgan fingerprint density at radius 2 is 2.50 bits per heavy atom. The molecule has 0 unspecified atom stereocenters. The summed E-state index contributed by atoms with van der Waals surface area (Å²) in [6.07, 6.45) is 9.55. The van der Waals surface area contributed by atoms with Gasteiger partial charge in [0.2, 0.25) is 6.33 Å². The Morgan fingerprint density at radius 3 is 3.30 bits per heavy atom. The summed E-state index contributed by atoms with van der Waals surface area (Å²) in [5, 5.41) is 0. The van der Waals surface area contributed by atoms with Crippen molar-refractivity contribution in [3.8, 4) is 0 Å². The number of hydrogen-bond acceptors (Lipinski definition) is 1. The van der Waals surface area contributed by atoms with Gasteiger partial charge in [-0.25, -0.2) is 4.57 Å². The standard InChI is InChI=1S/C7H8N3/c1-9-5-7-4-8-2-3-10(7)6-9/h2-6H,1H3/q+1. The van der Waals surface area contributed by atoms with Gasteiger partial charge in [0.15, 0.2) is 5.52 Å². The van der Waals surface area contributed by atoms with Crippen molar-refractivity contribution >= 4 is 5.52 Å². The summed E-state index contributed by atoms with van der Waals surface area (Å²) in [6, 6.07) is 0. The molecular formula is C7H8N3+. The van der Waals surface area contributed by atoms with Crippen molar-refractivity contribution in [1.29, 1.82) is 0 Å². The van der Waals surface area contributed by atoms with Gasteiger partial charge in [-0.3, -0.25) is 4.98 Å². The molecule has 10 heavy (non-hydrogen) atoms. The third kappa shape index (κ3) is 0.673. The third-order valence-corrected chi connectivity index (χ3v) is 1.46. The van der Waals surface area contributed by atoms with E-state index in [9.17, 15) is 0 Å². The minimum Gasteiger partial charge on any atom is -0.256 e. The maximum absolute atomic E-state index is 3.99. The topological polar surface area (TPSA) is 21.2 Å². The quantitative estimate of drug-likeness (QED) is 0.470. The average Bonchev–Trinajstić information content (AvgIpc) is 2.27. The molecule has 0 bridgehead atoms. The first-order valence-electron chi connectivity index (χ1n) is 3.13. The number of hydrogen-bond donors (Lipinski definition) is 0. The summed E-state index contributed by atoms with van der Waals surface area (Å²) in [5.41, 5.74) is 1.12. The van der Waals surface area contributed by atoms with Crippen LogP contribution in [0.15, 0.2) is 31.1 Å². The van der Waals surface area contributed by atoms with Crippen molar-refractivity contribution in [2.45, 2.75) is 0 Å². The lowest BCUT2D eigenvalue weighted by Gasteiger charge is -1.78. The van der Waals surface area contributed by atoms with E-state index < -0.39 is 0 Å². The molecule has 0 radical (unpaired) electrons. The predicted molar refractivity (Wildman–Crippen MR) is 36.4 cm³/mol. The van der Waals surface area contributed by atoms with Crippen LogP contribution < -0.4 is 4.57 Å². The first-order chi connectivity index (χ1) is 4.86. The van der Waals surface area contributed by atoms with E-state index in [-0.39, 0.29) is 0 Å². The molecule has 50 valence electrons. The highest BCUT2D eigenvalue weighted by atomic mass is 15.1. The molecule has 0 N–H and O–H groups in total. The molecule has 2 aromatic rings. The van der Waals surface area contributed by atoms with Crippen LogP contribution in [0.2, 0.25) is 0 Å². The molecule has 0 aliphatic carbocycles. The van der Waals surface area contributed by atoms with Crippen LogP contribution in [0.25, 0.3) is 5.52 Å². The van der Waals surface area contributed by atoms with Crippen molar-refractivity contribution in [3.05, 3.63) is 31.1 Å². The Morgan fingerprint density at radius 1 is 1.60 bits per heavy atom. The molecule has 0 aromatic carbocycles. The monoisotopic (exact) mass is 134 g/mol. The minimum atomic E-state index is 1.12. The average molecular weight is 134 g/mol. The SMILES string of the molecule is C[n+]1cc2cnccn2c1. The molecule has 3 nitrogen and oxygen atoms in total. The van der Waals surface area contributed by atoms with Crippen LogP contribution >= 0.6 is 0 Å². The van der Waals surface area contributed by atoms with Crippen LogP contribution in [0.5, 0.6) is 0 Å². The molecule has 2 aromatic heterocycles. The largest absolute Gasteiger partial charge is 0.256 e. The molecule has 0 aliphatic heterocycles. The van der Waals surface area contributed by atoms with E-state index in [2.05, 4.69) is 4.98 Å². The summed E-state index contributed by atoms with van der Waals surface area (Å²) in [7, 11) is 1.99. The zero-order valence-electron chi connectivity index (χ0n) is 5.73. The van der Waals surface area contributed by atoms with Crippen LogP contribution in [0.3, 0.4) is 0 Å². The fraction of sp³-hybridized carbons (Fsp3) is 0.143. The van der Waals surface area contributed by atoms with E-state index >= 15 is 0 Å². The van der Waals surface area contributed by atoms with E-state index in [1.807, 2.05) is 40.9 Å². The first-order valence-corrected chi connectivity index (χ1v) is 3.13. The second-order valence-electron chi connectivity index (χ2n) is 2.32. The van der Waals surface area contributed by atoms with E-state index in [4.69, 9.17) is 0 Å². The highest BCUT2D eigenvalue weighted by Gasteiger charge is 1.99. The Kier molecular flexibility index (Phi) is 0.974. The van der Waals surface area contributed by atoms with Gasteiger partial charge < -0.3 is 0 Å². The predicted octanol–water partition coefficient (Wildman–Crippen LogP) is 0.159. The molecule has 0 aliphatic rings. The molecular weight excluding hydrogens is 126 g/mol. The molecule has 3 heteroatoms. The van der Waals surface area contributed by atoms with Gasteiger partial charge in [-0.05, 0) is 0 Å². The van der Waals surface area contributed by atoms with Gasteiger partial charge >= 0.3 is 0 Å². The fourth-order valence-corrected chi connectivity index (χ4v) is 1.03. The Bertz CT molecular complexity index is 317. The second kappa shape index (κ2) is 1.80. The van der Waals surface area contributed by atoms with Gasteiger partial charge in [0.1, 0.15) is 12.4 Å². The summed E-state index contributed by atoms with van der Waals surface area (Å²) in [4.78, 5) is 3.99. The minimum absolute atomic E-state index is 1.12. The molecule has 0 spiro atoms. The third-order valence-electron chi connectivity index (χ3n) is 1.46. The Hall–Kier alpha value is -1.38. The van der Waals surface area contributed by atoms with Gasteiger partial charge in [0, 0.05) is 0 Å². The Labute approximate surface area is 58.6 Å². The van der Waals surface area contributed by atoms with Crippen LogP contribution in [0.4, 0.5) is 0 Å². The molecule has 2 rings (SSSR count). The molecule has 0 atom stereocenters. The number of nitrogens with zero attached hydrogens (tertiary/aromatic N) is 3. The lowest BCUT2D eigenvalue weighted by atomic mass is 10.6. The van der Waals surface area contributed by atoms with Crippen LogP contribution in [0.1, 0.15) is 0 Å². The lowest BCUT2D eigenvalue weighted by molar-refractivity contribution is -0.670. The van der Waals surface area contributed by atoms with Gasteiger partial charge in [-0.1, -0.05) is 0 Å². The highest BCUT2D eigenvalue weighted by molar-refractivity contribution is 5.38. The number of aryl methyl sites for hydroxylation is 1. The summed E-state index contributed by atoms with van der Waals surface area (Å²) >= 11 is 0. The van der Waals surface area contributed by atoms with E-state index in [0.29, 0.717) is 0 Å². The number of rotatable bonds is 0. The van der Waals surface area contributed by atoms with Gasteiger partial charge in [-0.15, -0.1) is 0 Å². The molecule has 2 heterocycles. The van der Waals surface area contributed by atoms with Crippen LogP contribution in [0, 0.1) is 0 Å². The molecule has 0 saturated carbocycles. The zero-order valence-corrected chi connectivity index (χ0v) is 5.73. The van der Waals surface area contributed by atoms with Crippen molar-refractivity contribution in [3.63, 3.8) is 0 Å². The molecule has 0 fully saturated rings. The van der Waals surface area contributed by atoms with E-state index in [1.54, 1.807) is 6.20 Å². The maximum Gasteiger partial charge on any atom is 0.248 e. The summed E-state index contributed by atoms with van der Waals surface area (Å²) < 4.78 is 4.02. The van der Waals surface area contributed by atoms with E-state index in [1.165, 1.54) is 0 Å². The van der Waals surface area contributed by atoms with Crippen LogP contribution in [-0.2, 0) is 7.05 Å². The highest BCUT2D eigenvalue weighted by Crippen LogP contribution is 1.94. The van der Waals surface area contributed by atoms with Crippen LogP contribution in [-0.4, -0.2) is 9.38 Å². The van der Waals surface area contributed by atoms with Crippen molar-refractivity contribution in [2.75, 3.05) is 0 Å². The number of aromatic nitrogens is 3. The smallest absolute Gasteiger partial charge is 0.248 e. The lowest BCUT2D eigenvalue weighted by Crippen LogP contribution is -2.23. The normalized spacial score (nSPS) is 10.5. The second-order valence-corrected chi connectivity index (χ2v) is 2.32. The molecule has 0 saturated heterocycles. The first kappa shape index (κ1) is 5.41. The van der Waals surface area contributed by atoms with Crippen molar-refractivity contribution < 1.29 is 4.57 Å². The fourth-order valence-electron chi connectivity index (χ4n) is 1.03. The number of imidazole rings is 1. The summed E-state index contributed by atoms with van der Waals surface area (Å²) in [6.45, 7) is 0. The van der Waals surface area contributed by atoms with Crippen molar-refractivity contribution in [2.24, 2.45) is 7.05 Å². The summed E-state index contributed by atoms with van der Waals surface area (Å²) in [5.74, 6) is 0. The van der Waals surface area contributed by atoms with Crippen molar-refractivity contribution in [1.82, 2.24) is 9.38 Å². The zero-order chi connectivity index (χ0) is 6.97. The van der Waals surface area contributed by atoms with E-state index in [0.717, 1.165) is 5.52 Å². The Balaban J connectivity index is 2.88. The molecule has 0 amide bonds. The maximum atomic E-state index is 3.99. The van der Waals surface area contributed by atoms with Gasteiger partial charge in [0.25, 0.3) is 0 Å². The number of fused-ring (bicyclic) bond motifs is 1.